The van der Waals surface area contributed by atoms with Gasteiger partial charge in [0.05, 0.1) is 5.92 Å². The fraction of sp³-hybridized carbons (Fsp3) is 0.161. The quantitative estimate of drug-likeness (QED) is 0.302. The van der Waals surface area contributed by atoms with Crippen molar-refractivity contribution in [1.82, 2.24) is 0 Å². The van der Waals surface area contributed by atoms with Gasteiger partial charge in [-0.1, -0.05) is 97.9 Å². The van der Waals surface area contributed by atoms with Gasteiger partial charge in [-0.05, 0) is 51.8 Å². The molecule has 0 aliphatic heterocycles. The number of benzene rings is 4. The van der Waals surface area contributed by atoms with E-state index in [0.29, 0.717) is 17.5 Å². The van der Waals surface area contributed by atoms with Gasteiger partial charge in [-0.2, -0.15) is 0 Å². The fourth-order valence-electron chi connectivity index (χ4n) is 5.48. The van der Waals surface area contributed by atoms with Crippen LogP contribution in [0.15, 0.2) is 91.0 Å². The molecule has 3 N–H and O–H groups in total. The van der Waals surface area contributed by atoms with Gasteiger partial charge in [-0.25, -0.2) is 4.79 Å². The normalized spacial score (nSPS) is 14.4. The Hall–Kier alpha value is -4.22. The van der Waals surface area contributed by atoms with Crippen molar-refractivity contribution >= 4 is 11.9 Å². The Bertz CT molecular complexity index is 1440. The number of hydrogen-bond acceptors (Lipinski definition) is 3. The maximum absolute atomic E-state index is 11.4. The molecule has 5 heteroatoms. The Kier molecular flexibility index (Phi) is 5.94. The lowest BCUT2D eigenvalue weighted by molar-refractivity contribution is -0.154. The highest BCUT2D eigenvalue weighted by atomic mass is 16.4. The first-order valence-electron chi connectivity index (χ1n) is 12.0. The van der Waals surface area contributed by atoms with E-state index in [0.717, 1.165) is 23.1 Å². The molecule has 1 unspecified atom stereocenters. The van der Waals surface area contributed by atoms with E-state index in [2.05, 4.69) is 18.2 Å². The molecular formula is C31H26O5. The highest BCUT2D eigenvalue weighted by Crippen LogP contribution is 2.47. The van der Waals surface area contributed by atoms with Gasteiger partial charge in [0.15, 0.2) is 0 Å². The summed E-state index contributed by atoms with van der Waals surface area (Å²) in [6, 6.07) is 28.5. The summed E-state index contributed by atoms with van der Waals surface area (Å²) in [5.74, 6) is -2.37. The Morgan fingerprint density at radius 3 is 1.83 bits per heavy atom. The van der Waals surface area contributed by atoms with Gasteiger partial charge in [0.25, 0.3) is 0 Å². The van der Waals surface area contributed by atoms with Crippen molar-refractivity contribution in [3.63, 3.8) is 0 Å². The minimum atomic E-state index is -1.92. The monoisotopic (exact) mass is 478 g/mol. The smallest absolute Gasteiger partial charge is 0.345 e. The van der Waals surface area contributed by atoms with E-state index in [-0.39, 0.29) is 0 Å². The molecule has 0 radical (unpaired) electrons. The van der Waals surface area contributed by atoms with Crippen LogP contribution in [0.5, 0.6) is 0 Å². The minimum absolute atomic E-state index is 0.399. The van der Waals surface area contributed by atoms with Crippen LogP contribution < -0.4 is 0 Å². The van der Waals surface area contributed by atoms with Crippen LogP contribution in [0.4, 0.5) is 0 Å². The van der Waals surface area contributed by atoms with Crippen LogP contribution in [0, 0.1) is 0 Å². The summed E-state index contributed by atoms with van der Waals surface area (Å²) in [6.07, 6.45) is 1.48. The molecule has 180 valence electrons. The largest absolute Gasteiger partial charge is 0.481 e. The molecule has 0 heterocycles. The molecular weight excluding hydrogens is 452 g/mol. The third-order valence-corrected chi connectivity index (χ3v) is 7.20. The molecule has 0 saturated carbocycles. The highest BCUT2D eigenvalue weighted by Gasteiger charge is 2.47. The average molecular weight is 479 g/mol. The standard InChI is InChI=1S/C17H16O2.C14H10O3/c1-2-12(17(18)19)14-8-5-9-15-13-7-4-3-6-11(13)10-16(14)15;15-13(16)14(17)11-7-3-1-5-9(11)10-6-2-4-8-12(10)14/h3-9,12H,2,10H2,1H3,(H,18,19);1-8,17H,(H,15,16). The van der Waals surface area contributed by atoms with Crippen molar-refractivity contribution in [2.45, 2.75) is 31.3 Å². The Morgan fingerprint density at radius 1 is 0.750 bits per heavy atom. The maximum atomic E-state index is 11.4. The molecule has 0 amide bonds. The Balaban J connectivity index is 0.000000149. The Morgan fingerprint density at radius 2 is 1.28 bits per heavy atom. The second-order valence-corrected chi connectivity index (χ2v) is 9.11. The van der Waals surface area contributed by atoms with Gasteiger partial charge in [-0.15, -0.1) is 0 Å². The van der Waals surface area contributed by atoms with Crippen LogP contribution in [0.2, 0.25) is 0 Å². The molecule has 6 rings (SSSR count). The van der Waals surface area contributed by atoms with Crippen LogP contribution in [-0.4, -0.2) is 27.3 Å². The van der Waals surface area contributed by atoms with Gasteiger partial charge in [-0.3, -0.25) is 4.79 Å². The lowest BCUT2D eigenvalue weighted by Gasteiger charge is -2.19. The van der Waals surface area contributed by atoms with Crippen LogP contribution in [-0.2, 0) is 21.6 Å². The maximum Gasteiger partial charge on any atom is 0.345 e. The van der Waals surface area contributed by atoms with Gasteiger partial charge in [0.2, 0.25) is 5.60 Å². The summed E-state index contributed by atoms with van der Waals surface area (Å²) in [6.45, 7) is 1.93. The molecule has 0 saturated heterocycles. The predicted molar refractivity (Wildman–Crippen MR) is 138 cm³/mol. The van der Waals surface area contributed by atoms with Gasteiger partial charge in [0, 0.05) is 11.1 Å². The van der Waals surface area contributed by atoms with Crippen LogP contribution >= 0.6 is 0 Å². The summed E-state index contributed by atoms with van der Waals surface area (Å²) >= 11 is 0. The third-order valence-electron chi connectivity index (χ3n) is 7.20. The molecule has 0 spiro atoms. The molecule has 0 aromatic heterocycles. The zero-order chi connectivity index (χ0) is 25.4. The first-order valence-corrected chi connectivity index (χ1v) is 12.0. The average Bonchev–Trinajstić information content (AvgIpc) is 3.40. The lowest BCUT2D eigenvalue weighted by atomic mass is 9.90. The first-order chi connectivity index (χ1) is 17.4. The third kappa shape index (κ3) is 3.60. The highest BCUT2D eigenvalue weighted by molar-refractivity contribution is 5.95. The number of aliphatic carboxylic acids is 2. The number of carboxylic acid groups (broad SMARTS) is 2. The first kappa shape index (κ1) is 23.5. The lowest BCUT2D eigenvalue weighted by Crippen LogP contribution is -2.34. The number of carbonyl (C=O) groups is 2. The van der Waals surface area contributed by atoms with Crippen LogP contribution in [0.1, 0.15) is 47.1 Å². The van der Waals surface area contributed by atoms with E-state index < -0.39 is 23.5 Å². The molecule has 2 aliphatic carbocycles. The van der Waals surface area contributed by atoms with Crippen LogP contribution in [0.3, 0.4) is 0 Å². The molecule has 4 aromatic carbocycles. The summed E-state index contributed by atoms with van der Waals surface area (Å²) in [5, 5.41) is 29.2. The number of rotatable bonds is 4. The summed E-state index contributed by atoms with van der Waals surface area (Å²) in [7, 11) is 0. The van der Waals surface area contributed by atoms with Crippen molar-refractivity contribution < 1.29 is 24.9 Å². The van der Waals surface area contributed by atoms with Crippen molar-refractivity contribution in [1.29, 1.82) is 0 Å². The van der Waals surface area contributed by atoms with E-state index >= 15 is 0 Å². The van der Waals surface area contributed by atoms with E-state index in [4.69, 9.17) is 0 Å². The SMILES string of the molecule is CCC(C(=O)O)c1cccc2c1Cc1ccccc1-2.O=C(O)C1(O)c2ccccc2-c2ccccc21. The van der Waals surface area contributed by atoms with Crippen LogP contribution in [0.25, 0.3) is 22.3 Å². The molecule has 4 aromatic rings. The number of fused-ring (bicyclic) bond motifs is 6. The number of carboxylic acids is 2. The molecule has 0 fully saturated rings. The van der Waals surface area contributed by atoms with Gasteiger partial charge >= 0.3 is 11.9 Å². The van der Waals surface area contributed by atoms with E-state index in [1.165, 1.54) is 22.3 Å². The van der Waals surface area contributed by atoms with E-state index in [1.54, 1.807) is 24.3 Å². The zero-order valence-electron chi connectivity index (χ0n) is 19.8. The molecule has 36 heavy (non-hydrogen) atoms. The second kappa shape index (κ2) is 9.10. The molecule has 2 aliphatic rings. The summed E-state index contributed by atoms with van der Waals surface area (Å²) in [4.78, 5) is 22.8. The van der Waals surface area contributed by atoms with Crippen molar-refractivity contribution in [3.05, 3.63) is 119 Å². The van der Waals surface area contributed by atoms with Crippen molar-refractivity contribution in [2.75, 3.05) is 0 Å². The summed E-state index contributed by atoms with van der Waals surface area (Å²) < 4.78 is 0. The molecule has 1 atom stereocenters. The van der Waals surface area contributed by atoms with E-state index in [1.807, 2.05) is 55.5 Å². The van der Waals surface area contributed by atoms with Crippen molar-refractivity contribution in [3.8, 4) is 22.3 Å². The summed E-state index contributed by atoms with van der Waals surface area (Å²) in [5.41, 5.74) is 6.44. The number of aliphatic hydroxyl groups is 1. The van der Waals surface area contributed by atoms with Gasteiger partial charge < -0.3 is 15.3 Å². The Labute approximate surface area is 209 Å². The molecule has 5 nitrogen and oxygen atoms in total. The predicted octanol–water partition coefficient (Wildman–Crippen LogP) is 5.82. The zero-order valence-corrected chi connectivity index (χ0v) is 19.8. The molecule has 0 bridgehead atoms. The fourth-order valence-corrected chi connectivity index (χ4v) is 5.48. The van der Waals surface area contributed by atoms with Gasteiger partial charge in [0.1, 0.15) is 0 Å². The topological polar surface area (TPSA) is 94.8 Å². The van der Waals surface area contributed by atoms with E-state index in [9.17, 15) is 24.9 Å². The minimum Gasteiger partial charge on any atom is -0.481 e. The number of hydrogen-bond donors (Lipinski definition) is 3. The second-order valence-electron chi connectivity index (χ2n) is 9.11. The van der Waals surface area contributed by atoms with Crippen molar-refractivity contribution in [2.24, 2.45) is 0 Å².